The number of hydrogen-bond donors (Lipinski definition) is 2. The normalized spacial score (nSPS) is 30.0. The van der Waals surface area contributed by atoms with Gasteiger partial charge in [0.1, 0.15) is 0 Å². The van der Waals surface area contributed by atoms with Crippen molar-refractivity contribution in [2.24, 2.45) is 23.7 Å². The number of aliphatic carboxylic acids is 1. The molecule has 0 saturated heterocycles. The van der Waals surface area contributed by atoms with Gasteiger partial charge < -0.3 is 10.4 Å². The van der Waals surface area contributed by atoms with Gasteiger partial charge in [-0.2, -0.15) is 0 Å². The predicted octanol–water partition coefficient (Wildman–Crippen LogP) is 2.48. The molecule has 1 aromatic carbocycles. The first-order valence-corrected chi connectivity index (χ1v) is 8.21. The van der Waals surface area contributed by atoms with E-state index < -0.39 is 11.9 Å². The minimum absolute atomic E-state index is 0.0577. The fourth-order valence-electron chi connectivity index (χ4n) is 4.27. The van der Waals surface area contributed by atoms with Crippen LogP contribution < -0.4 is 5.32 Å². The fourth-order valence-corrected chi connectivity index (χ4v) is 4.27. The number of carbonyl (C=O) groups excluding carboxylic acids is 1. The van der Waals surface area contributed by atoms with E-state index in [0.29, 0.717) is 6.54 Å². The predicted molar refractivity (Wildman–Crippen MR) is 83.2 cm³/mol. The molecule has 3 fully saturated rings. The van der Waals surface area contributed by atoms with Crippen molar-refractivity contribution in [3.63, 3.8) is 0 Å². The lowest BCUT2D eigenvalue weighted by Crippen LogP contribution is -2.51. The first-order valence-electron chi connectivity index (χ1n) is 8.21. The van der Waals surface area contributed by atoms with Crippen molar-refractivity contribution in [1.29, 1.82) is 0 Å². The van der Waals surface area contributed by atoms with Crippen LogP contribution in [0.3, 0.4) is 0 Å². The van der Waals surface area contributed by atoms with Crippen LogP contribution in [0.5, 0.6) is 0 Å². The molecule has 0 spiro atoms. The Bertz CT molecular complexity index is 535. The number of carboxylic acid groups (broad SMARTS) is 1. The minimum Gasteiger partial charge on any atom is -0.481 e. The first-order chi connectivity index (χ1) is 10.7. The number of hydrogen-bond acceptors (Lipinski definition) is 2. The number of amides is 1. The van der Waals surface area contributed by atoms with E-state index in [1.165, 1.54) is 5.56 Å². The van der Waals surface area contributed by atoms with Crippen molar-refractivity contribution < 1.29 is 14.7 Å². The molecule has 4 nitrogen and oxygen atoms in total. The van der Waals surface area contributed by atoms with Crippen LogP contribution in [0.1, 0.15) is 31.2 Å². The maximum absolute atomic E-state index is 12.5. The maximum Gasteiger partial charge on any atom is 0.307 e. The summed E-state index contributed by atoms with van der Waals surface area (Å²) in [7, 11) is 0. The summed E-state index contributed by atoms with van der Waals surface area (Å²) in [5.41, 5.74) is 1.18. The van der Waals surface area contributed by atoms with Crippen molar-refractivity contribution >= 4 is 11.9 Å². The van der Waals surface area contributed by atoms with Gasteiger partial charge in [-0.25, -0.2) is 0 Å². The second-order valence-corrected chi connectivity index (χ2v) is 6.59. The highest BCUT2D eigenvalue weighted by Crippen LogP contribution is 2.49. The van der Waals surface area contributed by atoms with Gasteiger partial charge in [0.05, 0.1) is 11.8 Å². The molecule has 0 heterocycles. The molecule has 2 N–H and O–H groups in total. The van der Waals surface area contributed by atoms with Gasteiger partial charge in [0.2, 0.25) is 5.91 Å². The number of nitrogens with one attached hydrogen (secondary N) is 1. The molecule has 0 aromatic heterocycles. The summed E-state index contributed by atoms with van der Waals surface area (Å²) in [6, 6.07) is 10.0. The van der Waals surface area contributed by atoms with Gasteiger partial charge in [-0.1, -0.05) is 30.3 Å². The van der Waals surface area contributed by atoms with Crippen LogP contribution in [0.4, 0.5) is 0 Å². The molecule has 3 aliphatic rings. The molecule has 118 valence electrons. The zero-order valence-corrected chi connectivity index (χ0v) is 12.7. The molecule has 1 amide bonds. The van der Waals surface area contributed by atoms with E-state index in [1.807, 2.05) is 30.3 Å². The number of carboxylic acids is 1. The van der Waals surface area contributed by atoms with Gasteiger partial charge in [-0.3, -0.25) is 9.59 Å². The Morgan fingerprint density at radius 2 is 1.59 bits per heavy atom. The third kappa shape index (κ3) is 3.01. The van der Waals surface area contributed by atoms with Gasteiger partial charge in [-0.05, 0) is 49.5 Å². The van der Waals surface area contributed by atoms with Crippen molar-refractivity contribution in [3.05, 3.63) is 35.9 Å². The van der Waals surface area contributed by atoms with Crippen molar-refractivity contribution in [2.75, 3.05) is 6.54 Å². The van der Waals surface area contributed by atoms with Crippen molar-refractivity contribution in [2.45, 2.75) is 32.1 Å². The van der Waals surface area contributed by atoms with Crippen LogP contribution in [0.15, 0.2) is 30.3 Å². The third-order valence-corrected chi connectivity index (χ3v) is 5.36. The molecular weight excluding hydrogens is 278 g/mol. The van der Waals surface area contributed by atoms with Crippen LogP contribution in [-0.4, -0.2) is 23.5 Å². The number of fused-ring (bicyclic) bond motifs is 3. The molecular formula is C18H23NO3. The highest BCUT2D eigenvalue weighted by molar-refractivity contribution is 5.85. The average Bonchev–Trinajstić information content (AvgIpc) is 2.55. The van der Waals surface area contributed by atoms with E-state index in [2.05, 4.69) is 5.32 Å². The molecule has 4 heteroatoms. The lowest BCUT2D eigenvalue weighted by Gasteiger charge is -2.45. The van der Waals surface area contributed by atoms with E-state index in [1.54, 1.807) is 0 Å². The Morgan fingerprint density at radius 3 is 2.18 bits per heavy atom. The molecule has 4 rings (SSSR count). The molecule has 0 aliphatic heterocycles. The van der Waals surface area contributed by atoms with Crippen LogP contribution >= 0.6 is 0 Å². The van der Waals surface area contributed by atoms with E-state index in [9.17, 15) is 14.7 Å². The molecule has 2 bridgehead atoms. The van der Waals surface area contributed by atoms with E-state index >= 15 is 0 Å². The summed E-state index contributed by atoms with van der Waals surface area (Å²) in [4.78, 5) is 24.1. The first kappa shape index (κ1) is 15.1. The lowest BCUT2D eigenvalue weighted by molar-refractivity contribution is -0.158. The second-order valence-electron chi connectivity index (χ2n) is 6.59. The largest absolute Gasteiger partial charge is 0.481 e. The van der Waals surface area contributed by atoms with Crippen LogP contribution in [0.2, 0.25) is 0 Å². The van der Waals surface area contributed by atoms with Crippen LogP contribution in [0, 0.1) is 23.7 Å². The molecule has 3 saturated carbocycles. The van der Waals surface area contributed by atoms with E-state index in [4.69, 9.17) is 0 Å². The topological polar surface area (TPSA) is 66.4 Å². The average molecular weight is 301 g/mol. The third-order valence-electron chi connectivity index (χ3n) is 5.36. The highest BCUT2D eigenvalue weighted by atomic mass is 16.4. The Morgan fingerprint density at radius 1 is 1.00 bits per heavy atom. The smallest absolute Gasteiger partial charge is 0.307 e. The van der Waals surface area contributed by atoms with Crippen molar-refractivity contribution in [1.82, 2.24) is 5.32 Å². The SMILES string of the molecule is O=C(O)C1C2CCC(CC2)C1C(=O)NCCc1ccccc1. The molecule has 1 aromatic rings. The zero-order valence-electron chi connectivity index (χ0n) is 12.7. The Kier molecular flexibility index (Phi) is 4.46. The molecule has 3 aliphatic carbocycles. The van der Waals surface area contributed by atoms with Crippen LogP contribution in [-0.2, 0) is 16.0 Å². The number of carbonyl (C=O) groups is 2. The quantitative estimate of drug-likeness (QED) is 0.878. The van der Waals surface area contributed by atoms with Gasteiger partial charge in [0.15, 0.2) is 0 Å². The molecule has 0 radical (unpaired) electrons. The molecule has 2 atom stereocenters. The highest BCUT2D eigenvalue weighted by Gasteiger charge is 2.50. The fraction of sp³-hybridized carbons (Fsp3) is 0.556. The van der Waals surface area contributed by atoms with Gasteiger partial charge in [0, 0.05) is 6.54 Å². The minimum atomic E-state index is -0.794. The number of rotatable bonds is 5. The summed E-state index contributed by atoms with van der Waals surface area (Å²) < 4.78 is 0. The Balaban J connectivity index is 1.59. The zero-order chi connectivity index (χ0) is 15.5. The second kappa shape index (κ2) is 6.51. The van der Waals surface area contributed by atoms with E-state index in [-0.39, 0.29) is 23.7 Å². The summed E-state index contributed by atoms with van der Waals surface area (Å²) in [6.45, 7) is 0.572. The summed E-state index contributed by atoms with van der Waals surface area (Å²) >= 11 is 0. The lowest BCUT2D eigenvalue weighted by atomic mass is 9.58. The number of benzene rings is 1. The van der Waals surface area contributed by atoms with Crippen molar-refractivity contribution in [3.8, 4) is 0 Å². The van der Waals surface area contributed by atoms with Gasteiger partial charge in [-0.15, -0.1) is 0 Å². The Hall–Kier alpha value is -1.84. The van der Waals surface area contributed by atoms with Gasteiger partial charge >= 0.3 is 5.97 Å². The Labute approximate surface area is 130 Å². The summed E-state index contributed by atoms with van der Waals surface area (Å²) in [5.74, 6) is -1.23. The standard InChI is InChI=1S/C18H23NO3/c20-17(19-11-10-12-4-2-1-3-5-12)15-13-6-8-14(9-7-13)16(15)18(21)22/h1-5,13-16H,6-11H2,(H,19,20)(H,21,22). The maximum atomic E-state index is 12.5. The molecule has 22 heavy (non-hydrogen) atoms. The monoisotopic (exact) mass is 301 g/mol. The summed E-state index contributed by atoms with van der Waals surface area (Å²) in [5, 5.41) is 12.5. The van der Waals surface area contributed by atoms with Gasteiger partial charge in [0.25, 0.3) is 0 Å². The van der Waals surface area contributed by atoms with E-state index in [0.717, 1.165) is 32.1 Å². The molecule has 2 unspecified atom stereocenters. The summed E-state index contributed by atoms with van der Waals surface area (Å²) in [6.07, 6.45) is 4.73. The van der Waals surface area contributed by atoms with Crippen LogP contribution in [0.25, 0.3) is 0 Å².